The Morgan fingerprint density at radius 1 is 2.00 bits per heavy atom. The van der Waals surface area contributed by atoms with E-state index in [9.17, 15) is 0 Å². The van der Waals surface area contributed by atoms with E-state index in [0.29, 0.717) is 0 Å². The number of nitrogens with zero attached hydrogens (tertiary/aromatic N) is 3. The van der Waals surface area contributed by atoms with Crippen LogP contribution in [0.25, 0.3) is 10.4 Å². The van der Waals surface area contributed by atoms with Crippen LogP contribution in [0.2, 0.25) is 0 Å². The molecule has 0 saturated heterocycles. The molecule has 0 aliphatic heterocycles. The molecule has 0 radical (unpaired) electrons. The van der Waals surface area contributed by atoms with Crippen LogP contribution in [0, 0.1) is 0 Å². The van der Waals surface area contributed by atoms with E-state index in [2.05, 4.69) is 12.5 Å². The molecule has 0 heterocycles. The summed E-state index contributed by atoms with van der Waals surface area (Å²) in [5.74, 6) is 0.208. The molecular weight excluding hydrogens is 240 g/mol. The van der Waals surface area contributed by atoms with Crippen molar-refractivity contribution in [2.24, 2.45) is 5.11 Å². The summed E-state index contributed by atoms with van der Waals surface area (Å²) in [6, 6.07) is 0. The summed E-state index contributed by atoms with van der Waals surface area (Å²) in [7, 11) is -0.711. The van der Waals surface area contributed by atoms with E-state index in [0.717, 1.165) is 0 Å². The molecule has 0 rings (SSSR count). The van der Waals surface area contributed by atoms with Gasteiger partial charge in [0.05, 0.1) is 0 Å². The predicted molar refractivity (Wildman–Crippen MR) is 42.2 cm³/mol. The summed E-state index contributed by atoms with van der Waals surface area (Å²) in [4.78, 5) is 2.49. The van der Waals surface area contributed by atoms with E-state index in [1.807, 2.05) is 0 Å². The minimum atomic E-state index is -0.711. The number of hydrogen-bond acceptors (Lipinski definition) is 3. The Hall–Kier alpha value is 0.415. The summed E-state index contributed by atoms with van der Waals surface area (Å²) in [5, 5.41) is 3.18. The zero-order valence-corrected chi connectivity index (χ0v) is 6.79. The van der Waals surface area contributed by atoms with Gasteiger partial charge < -0.3 is 0 Å². The molecule has 0 unspecified atom stereocenters. The van der Waals surface area contributed by atoms with Crippen LogP contribution < -0.4 is 0 Å². The second kappa shape index (κ2) is 5.55. The number of azide groups is 1. The number of halogens is 1. The van der Waals surface area contributed by atoms with Crippen LogP contribution >= 0.6 is 23.0 Å². The van der Waals surface area contributed by atoms with Crippen LogP contribution in [0.1, 0.15) is 0 Å². The quantitative estimate of drug-likeness (QED) is 0.170. The van der Waals surface area contributed by atoms with Crippen molar-refractivity contribution < 1.29 is 2.51 Å². The zero-order valence-electron chi connectivity index (χ0n) is 3.82. The summed E-state index contributed by atoms with van der Waals surface area (Å²) in [6.45, 7) is 5.19. The van der Waals surface area contributed by atoms with Gasteiger partial charge in [0.15, 0.2) is 0 Å². The van der Waals surface area contributed by atoms with E-state index in [-0.39, 0.29) is 5.88 Å². The summed E-state index contributed by atoms with van der Waals surface area (Å²) in [6.07, 6.45) is 0. The van der Waals surface area contributed by atoms with Crippen molar-refractivity contribution in [3.8, 4) is 0 Å². The molecule has 0 aliphatic carbocycles. The molecule has 0 aliphatic rings. The maximum atomic E-state index is 7.76. The molecule has 4 nitrogen and oxygen atoms in total. The van der Waals surface area contributed by atoms with Crippen LogP contribution in [0.5, 0.6) is 0 Å². The van der Waals surface area contributed by atoms with Gasteiger partial charge in [-0.15, -0.1) is 0 Å². The van der Waals surface area contributed by atoms with Gasteiger partial charge in [0.1, 0.15) is 0 Å². The van der Waals surface area contributed by atoms with Gasteiger partial charge in [-0.3, -0.25) is 0 Å². The third-order valence-corrected chi connectivity index (χ3v) is 2.25. The van der Waals surface area contributed by atoms with Crippen molar-refractivity contribution in [3.63, 3.8) is 0 Å². The van der Waals surface area contributed by atoms with Crippen LogP contribution in [0.4, 0.5) is 0 Å². The first kappa shape index (κ1) is 8.41. The molecule has 0 amide bonds. The summed E-state index contributed by atoms with van der Waals surface area (Å²) >= 11 is 1.66. The number of hydrogen-bond donors (Lipinski definition) is 0. The average molecular weight is 242 g/mol. The first-order chi connectivity index (χ1) is 3.81. The summed E-state index contributed by atoms with van der Waals surface area (Å²) in [5.41, 5.74) is 7.76. The monoisotopic (exact) mass is 242 g/mol. The Morgan fingerprint density at radius 3 is 3.00 bits per heavy atom. The molecule has 0 saturated carbocycles. The minimum absolute atomic E-state index is 0.208. The molecule has 0 fully saturated rings. The van der Waals surface area contributed by atoms with Gasteiger partial charge in [-0.1, -0.05) is 0 Å². The van der Waals surface area contributed by atoms with Gasteiger partial charge in [-0.05, 0) is 0 Å². The van der Waals surface area contributed by atoms with Gasteiger partial charge in [-0.2, -0.15) is 0 Å². The fourth-order valence-corrected chi connectivity index (χ4v) is 0.649. The van der Waals surface area contributed by atoms with Gasteiger partial charge in [0, 0.05) is 0 Å². The molecule has 0 spiro atoms. The number of rotatable bonds is 1. The van der Waals surface area contributed by atoms with Crippen LogP contribution in [-0.2, 0) is 12.9 Å². The van der Waals surface area contributed by atoms with E-state index < -0.39 is 10.4 Å². The molecule has 44 valence electrons. The van der Waals surface area contributed by atoms with Crippen LogP contribution in [0.15, 0.2) is 5.11 Å². The second-order valence-electron chi connectivity index (χ2n) is 0.804. The first-order valence-corrected chi connectivity index (χ1v) is 3.82. The zero-order chi connectivity index (χ0) is 6.41. The van der Waals surface area contributed by atoms with Crippen molar-refractivity contribution in [1.29, 1.82) is 0 Å². The van der Waals surface area contributed by atoms with Gasteiger partial charge in [0.2, 0.25) is 0 Å². The Labute approximate surface area is 63.9 Å². The third kappa shape index (κ3) is 4.57. The fraction of sp³-hybridized carbons (Fsp3) is 1.00. The molecule has 7 heteroatoms. The van der Waals surface area contributed by atoms with Crippen molar-refractivity contribution >= 4 is 39.9 Å². The van der Waals surface area contributed by atoms with Crippen molar-refractivity contribution in [2.45, 2.75) is 0 Å². The molecule has 0 aromatic rings. The van der Waals surface area contributed by atoms with E-state index in [1.54, 1.807) is 23.0 Å². The fourth-order valence-electron chi connectivity index (χ4n) is 0.103. The normalized spacial score (nSPS) is 9.00. The van der Waals surface area contributed by atoms with Crippen molar-refractivity contribution in [3.05, 3.63) is 10.4 Å². The maximum absolute atomic E-state index is 7.76. The van der Waals surface area contributed by atoms with Crippen molar-refractivity contribution in [2.75, 3.05) is 5.88 Å². The van der Waals surface area contributed by atoms with Gasteiger partial charge in [0.25, 0.3) is 0 Å². The topological polar surface area (TPSA) is 58.0 Å². The SMILES string of the molecule is B#[S-](CN=[N+]=[N-])OI. The van der Waals surface area contributed by atoms with E-state index in [4.69, 9.17) is 12.1 Å². The van der Waals surface area contributed by atoms with Gasteiger partial charge >= 0.3 is 63.9 Å². The Morgan fingerprint density at radius 2 is 2.62 bits per heavy atom. The van der Waals surface area contributed by atoms with Crippen LogP contribution in [0.3, 0.4) is 0 Å². The summed E-state index contributed by atoms with van der Waals surface area (Å²) < 4.78 is 4.56. The molecule has 0 atom stereocenters. The Balaban J connectivity index is 3.45. The third-order valence-electron chi connectivity index (χ3n) is 0.329. The van der Waals surface area contributed by atoms with Crippen LogP contribution in [-0.4, -0.2) is 12.4 Å². The predicted octanol–water partition coefficient (Wildman–Crippen LogP) is 1.24. The molecule has 8 heavy (non-hydrogen) atoms. The van der Waals surface area contributed by atoms with Crippen molar-refractivity contribution in [1.82, 2.24) is 0 Å². The van der Waals surface area contributed by atoms with Gasteiger partial charge in [-0.25, -0.2) is 0 Å². The average Bonchev–Trinajstić information content (AvgIpc) is 1.83. The molecule has 0 aromatic carbocycles. The second-order valence-corrected chi connectivity index (χ2v) is 3.03. The molecule has 0 N–H and O–H groups in total. The molecule has 0 bridgehead atoms. The Kier molecular flexibility index (Phi) is 5.84. The Bertz CT molecular complexity index is 168. The standard InChI is InChI=1S/CH2BIN3OS/c2-8(7-3)1-5-6-4/h1H2/q-1. The molecular formula is CH2BIN3OS-. The first-order valence-electron chi connectivity index (χ1n) is 1.56. The van der Waals surface area contributed by atoms with E-state index in [1.165, 1.54) is 0 Å². The molecule has 0 aromatic heterocycles. The van der Waals surface area contributed by atoms with E-state index >= 15 is 0 Å².